The van der Waals surface area contributed by atoms with Crippen LogP contribution in [-0.2, 0) is 11.3 Å². The van der Waals surface area contributed by atoms with E-state index in [1.807, 2.05) is 24.7 Å². The van der Waals surface area contributed by atoms with Crippen molar-refractivity contribution < 1.29 is 13.9 Å². The highest BCUT2D eigenvalue weighted by Gasteiger charge is 2.16. The molecule has 6 heteroatoms. The monoisotopic (exact) mass is 291 g/mol. The standard InChI is InChI=1S/C15H18FN3O2/c1-4-19-9-11(8-17-19)10(2)18-14-6-5-12(16)7-13(14)15(20)21-3/h5-10,18H,4H2,1-3H3. The van der Waals surface area contributed by atoms with Crippen LogP contribution in [0.3, 0.4) is 0 Å². The highest BCUT2D eigenvalue weighted by atomic mass is 19.1. The molecule has 0 spiro atoms. The number of methoxy groups -OCH3 is 1. The third-order valence-corrected chi connectivity index (χ3v) is 3.24. The van der Waals surface area contributed by atoms with E-state index in [0.29, 0.717) is 5.69 Å². The van der Waals surface area contributed by atoms with Crippen LogP contribution in [0, 0.1) is 5.82 Å². The van der Waals surface area contributed by atoms with E-state index in [2.05, 4.69) is 15.2 Å². The van der Waals surface area contributed by atoms with E-state index in [9.17, 15) is 9.18 Å². The number of carbonyl (C=O) groups is 1. The molecule has 0 aliphatic heterocycles. The van der Waals surface area contributed by atoms with Crippen molar-refractivity contribution in [1.82, 2.24) is 9.78 Å². The van der Waals surface area contributed by atoms with Gasteiger partial charge in [-0.15, -0.1) is 0 Å². The molecule has 1 unspecified atom stereocenters. The summed E-state index contributed by atoms with van der Waals surface area (Å²) in [5.74, 6) is -1.05. The van der Waals surface area contributed by atoms with Gasteiger partial charge in [-0.1, -0.05) is 0 Å². The first kappa shape index (κ1) is 15.0. The zero-order valence-electron chi connectivity index (χ0n) is 12.3. The minimum Gasteiger partial charge on any atom is -0.465 e. The number of rotatable bonds is 5. The Hall–Kier alpha value is -2.37. The van der Waals surface area contributed by atoms with Gasteiger partial charge in [0.05, 0.1) is 24.9 Å². The molecule has 1 aromatic heterocycles. The Morgan fingerprint density at radius 2 is 2.29 bits per heavy atom. The number of nitrogens with one attached hydrogen (secondary N) is 1. The third kappa shape index (κ3) is 3.39. The second-order valence-electron chi connectivity index (χ2n) is 4.68. The van der Waals surface area contributed by atoms with Gasteiger partial charge in [-0.2, -0.15) is 5.10 Å². The molecule has 1 aromatic carbocycles. The van der Waals surface area contributed by atoms with Crippen LogP contribution in [0.4, 0.5) is 10.1 Å². The molecule has 1 atom stereocenters. The number of hydrogen-bond acceptors (Lipinski definition) is 4. The Bertz CT molecular complexity index is 640. The van der Waals surface area contributed by atoms with Crippen molar-refractivity contribution in [1.29, 1.82) is 0 Å². The first-order valence-corrected chi connectivity index (χ1v) is 6.72. The molecule has 5 nitrogen and oxygen atoms in total. The molecule has 1 heterocycles. The van der Waals surface area contributed by atoms with E-state index in [1.165, 1.54) is 19.2 Å². The molecule has 0 bridgehead atoms. The van der Waals surface area contributed by atoms with Crippen molar-refractivity contribution in [3.63, 3.8) is 0 Å². The molecule has 0 saturated carbocycles. The molecule has 21 heavy (non-hydrogen) atoms. The van der Waals surface area contributed by atoms with Gasteiger partial charge >= 0.3 is 5.97 Å². The summed E-state index contributed by atoms with van der Waals surface area (Å²) in [5, 5.41) is 7.40. The van der Waals surface area contributed by atoms with Gasteiger partial charge in [0.25, 0.3) is 0 Å². The zero-order chi connectivity index (χ0) is 15.4. The minimum absolute atomic E-state index is 0.0702. The third-order valence-electron chi connectivity index (χ3n) is 3.24. The predicted molar refractivity (Wildman–Crippen MR) is 77.7 cm³/mol. The SMILES string of the molecule is CCn1cc(C(C)Nc2ccc(F)cc2C(=O)OC)cn1. The average Bonchev–Trinajstić information content (AvgIpc) is 2.97. The summed E-state index contributed by atoms with van der Waals surface area (Å²) < 4.78 is 19.8. The Balaban J connectivity index is 2.24. The van der Waals surface area contributed by atoms with Crippen LogP contribution in [0.25, 0.3) is 0 Å². The molecule has 0 radical (unpaired) electrons. The molecule has 0 amide bonds. The topological polar surface area (TPSA) is 56.2 Å². The van der Waals surface area contributed by atoms with Crippen LogP contribution in [0.1, 0.15) is 35.8 Å². The second-order valence-corrected chi connectivity index (χ2v) is 4.68. The Morgan fingerprint density at radius 1 is 1.52 bits per heavy atom. The predicted octanol–water partition coefficient (Wildman–Crippen LogP) is 3.00. The quantitative estimate of drug-likeness (QED) is 0.860. The van der Waals surface area contributed by atoms with E-state index in [-0.39, 0.29) is 11.6 Å². The van der Waals surface area contributed by atoms with Gasteiger partial charge < -0.3 is 10.1 Å². The first-order chi connectivity index (χ1) is 10.0. The lowest BCUT2D eigenvalue weighted by Crippen LogP contribution is -2.11. The van der Waals surface area contributed by atoms with Gasteiger partial charge in [-0.25, -0.2) is 9.18 Å². The summed E-state index contributed by atoms with van der Waals surface area (Å²) >= 11 is 0. The van der Waals surface area contributed by atoms with Gasteiger partial charge in [0.2, 0.25) is 0 Å². The highest BCUT2D eigenvalue weighted by Crippen LogP contribution is 2.23. The van der Waals surface area contributed by atoms with Crippen LogP contribution in [0.5, 0.6) is 0 Å². The van der Waals surface area contributed by atoms with Crippen LogP contribution in [-0.4, -0.2) is 22.9 Å². The summed E-state index contributed by atoms with van der Waals surface area (Å²) in [5.41, 5.74) is 1.68. The van der Waals surface area contributed by atoms with E-state index < -0.39 is 11.8 Å². The maximum Gasteiger partial charge on any atom is 0.340 e. The molecule has 2 rings (SSSR count). The van der Waals surface area contributed by atoms with Gasteiger partial charge in [-0.3, -0.25) is 4.68 Å². The number of esters is 1. The molecule has 0 fully saturated rings. The number of ether oxygens (including phenoxy) is 1. The molecule has 0 aliphatic carbocycles. The summed E-state index contributed by atoms with van der Waals surface area (Å²) in [4.78, 5) is 11.7. The van der Waals surface area contributed by atoms with Gasteiger partial charge in [0.15, 0.2) is 0 Å². The van der Waals surface area contributed by atoms with Gasteiger partial charge in [0, 0.05) is 24.0 Å². The molecule has 1 N–H and O–H groups in total. The Morgan fingerprint density at radius 3 is 2.90 bits per heavy atom. The minimum atomic E-state index is -0.576. The number of carbonyl (C=O) groups excluding carboxylic acids is 1. The fraction of sp³-hybridized carbons (Fsp3) is 0.333. The average molecular weight is 291 g/mol. The number of anilines is 1. The van der Waals surface area contributed by atoms with Crippen molar-refractivity contribution in [2.75, 3.05) is 12.4 Å². The van der Waals surface area contributed by atoms with Crippen molar-refractivity contribution in [2.24, 2.45) is 0 Å². The maximum atomic E-state index is 13.3. The number of aromatic nitrogens is 2. The fourth-order valence-electron chi connectivity index (χ4n) is 2.01. The highest BCUT2D eigenvalue weighted by molar-refractivity contribution is 5.95. The summed E-state index contributed by atoms with van der Waals surface area (Å²) in [6.45, 7) is 4.74. The smallest absolute Gasteiger partial charge is 0.340 e. The Kier molecular flexibility index (Phi) is 4.57. The Labute approximate surface area is 122 Å². The van der Waals surface area contributed by atoms with Crippen LogP contribution < -0.4 is 5.32 Å². The lowest BCUT2D eigenvalue weighted by atomic mass is 10.1. The van der Waals surface area contributed by atoms with Gasteiger partial charge in [0.1, 0.15) is 5.82 Å². The maximum absolute atomic E-state index is 13.3. The largest absolute Gasteiger partial charge is 0.465 e. The van der Waals surface area contributed by atoms with Crippen molar-refractivity contribution in [3.8, 4) is 0 Å². The summed E-state index contributed by atoms with van der Waals surface area (Å²) in [6, 6.07) is 3.93. The molecular formula is C15H18FN3O2. The number of hydrogen-bond donors (Lipinski definition) is 1. The summed E-state index contributed by atoms with van der Waals surface area (Å²) in [7, 11) is 1.27. The van der Waals surface area contributed by atoms with Crippen molar-refractivity contribution in [3.05, 3.63) is 47.5 Å². The van der Waals surface area contributed by atoms with E-state index in [4.69, 9.17) is 0 Å². The normalized spacial score (nSPS) is 12.0. The lowest BCUT2D eigenvalue weighted by Gasteiger charge is -2.16. The van der Waals surface area contributed by atoms with E-state index in [1.54, 1.807) is 6.20 Å². The van der Waals surface area contributed by atoms with Crippen LogP contribution >= 0.6 is 0 Å². The zero-order valence-corrected chi connectivity index (χ0v) is 12.3. The number of halogens is 1. The lowest BCUT2D eigenvalue weighted by molar-refractivity contribution is 0.0601. The number of nitrogens with zero attached hydrogens (tertiary/aromatic N) is 2. The number of aryl methyl sites for hydroxylation is 1. The molecule has 112 valence electrons. The number of benzene rings is 1. The van der Waals surface area contributed by atoms with E-state index in [0.717, 1.165) is 18.2 Å². The van der Waals surface area contributed by atoms with Crippen molar-refractivity contribution in [2.45, 2.75) is 26.4 Å². The fourth-order valence-corrected chi connectivity index (χ4v) is 2.01. The second kappa shape index (κ2) is 6.39. The van der Waals surface area contributed by atoms with E-state index >= 15 is 0 Å². The molecular weight excluding hydrogens is 273 g/mol. The van der Waals surface area contributed by atoms with Crippen molar-refractivity contribution >= 4 is 11.7 Å². The molecule has 2 aromatic rings. The summed E-state index contributed by atoms with van der Waals surface area (Å²) in [6.07, 6.45) is 3.70. The molecule has 0 aliphatic rings. The van der Waals surface area contributed by atoms with Crippen LogP contribution in [0.2, 0.25) is 0 Å². The first-order valence-electron chi connectivity index (χ1n) is 6.72. The molecule has 0 saturated heterocycles. The van der Waals surface area contributed by atoms with Gasteiger partial charge in [-0.05, 0) is 32.0 Å². The van der Waals surface area contributed by atoms with Crippen LogP contribution in [0.15, 0.2) is 30.6 Å².